The third-order valence-electron chi connectivity index (χ3n) is 4.11. The molecule has 1 aromatic carbocycles. The van der Waals surface area contributed by atoms with Gasteiger partial charge in [0.25, 0.3) is 5.91 Å². The van der Waals surface area contributed by atoms with E-state index in [0.717, 1.165) is 11.1 Å². The Balaban J connectivity index is 2.12. The number of aryl methyl sites for hydroxylation is 2. The van der Waals surface area contributed by atoms with Crippen molar-refractivity contribution in [3.63, 3.8) is 0 Å². The van der Waals surface area contributed by atoms with Crippen molar-refractivity contribution >= 4 is 15.9 Å². The summed E-state index contributed by atoms with van der Waals surface area (Å²) in [5.41, 5.74) is 2.80. The van der Waals surface area contributed by atoms with Crippen LogP contribution in [0.3, 0.4) is 0 Å². The van der Waals surface area contributed by atoms with Crippen molar-refractivity contribution in [1.29, 1.82) is 0 Å². The van der Waals surface area contributed by atoms with Gasteiger partial charge >= 0.3 is 0 Å². The number of benzene rings is 1. The SMILES string of the molecule is CCS(=O)(=O)N1CCCN(C(=O)c2ccc(C)cc2C)CC1. The molecular formula is C16H24N2O3S. The molecule has 0 aromatic heterocycles. The Morgan fingerprint density at radius 1 is 1.14 bits per heavy atom. The Kier molecular flexibility index (Phi) is 5.24. The molecule has 0 unspecified atom stereocenters. The first-order chi connectivity index (χ1) is 10.3. The van der Waals surface area contributed by atoms with Crippen molar-refractivity contribution < 1.29 is 13.2 Å². The number of sulfonamides is 1. The molecule has 0 saturated carbocycles. The lowest BCUT2D eigenvalue weighted by Gasteiger charge is -2.22. The lowest BCUT2D eigenvalue weighted by atomic mass is 10.0. The van der Waals surface area contributed by atoms with Crippen molar-refractivity contribution in [2.45, 2.75) is 27.2 Å². The zero-order valence-electron chi connectivity index (χ0n) is 13.5. The molecule has 6 heteroatoms. The summed E-state index contributed by atoms with van der Waals surface area (Å²) in [6.07, 6.45) is 0.676. The van der Waals surface area contributed by atoms with Gasteiger partial charge in [-0.25, -0.2) is 12.7 Å². The number of nitrogens with zero attached hydrogens (tertiary/aromatic N) is 2. The van der Waals surface area contributed by atoms with E-state index in [1.807, 2.05) is 32.0 Å². The summed E-state index contributed by atoms with van der Waals surface area (Å²) in [4.78, 5) is 14.4. The molecule has 122 valence electrons. The van der Waals surface area contributed by atoms with Crippen LogP contribution in [-0.2, 0) is 10.0 Å². The van der Waals surface area contributed by atoms with Crippen LogP contribution in [0.4, 0.5) is 0 Å². The van der Waals surface area contributed by atoms with Gasteiger partial charge in [0.2, 0.25) is 10.0 Å². The van der Waals surface area contributed by atoms with Gasteiger partial charge in [-0.3, -0.25) is 4.79 Å². The lowest BCUT2D eigenvalue weighted by molar-refractivity contribution is 0.0763. The van der Waals surface area contributed by atoms with Crippen LogP contribution in [0.25, 0.3) is 0 Å². The summed E-state index contributed by atoms with van der Waals surface area (Å²) in [6.45, 7) is 7.51. The summed E-state index contributed by atoms with van der Waals surface area (Å²) in [5.74, 6) is 0.103. The monoisotopic (exact) mass is 324 g/mol. The van der Waals surface area contributed by atoms with Gasteiger partial charge < -0.3 is 4.90 Å². The van der Waals surface area contributed by atoms with Crippen molar-refractivity contribution in [2.24, 2.45) is 0 Å². The fourth-order valence-electron chi connectivity index (χ4n) is 2.78. The molecule has 0 radical (unpaired) electrons. The highest BCUT2D eigenvalue weighted by atomic mass is 32.2. The Hall–Kier alpha value is -1.40. The fraction of sp³-hybridized carbons (Fsp3) is 0.562. The van der Waals surface area contributed by atoms with Crippen LogP contribution in [0.5, 0.6) is 0 Å². The molecule has 1 saturated heterocycles. The van der Waals surface area contributed by atoms with Crippen LogP contribution >= 0.6 is 0 Å². The number of hydrogen-bond donors (Lipinski definition) is 0. The first kappa shape index (κ1) is 17.0. The predicted octanol–water partition coefficient (Wildman–Crippen LogP) is 1.80. The standard InChI is InChI=1S/C16H24N2O3S/c1-4-22(20,21)18-9-5-8-17(10-11-18)16(19)15-7-6-13(2)12-14(15)3/h6-7,12H,4-5,8-11H2,1-3H3. The normalized spacial score (nSPS) is 17.3. The molecule has 1 aliphatic rings. The second kappa shape index (κ2) is 6.79. The zero-order valence-corrected chi connectivity index (χ0v) is 14.3. The number of rotatable bonds is 3. The van der Waals surface area contributed by atoms with E-state index in [-0.39, 0.29) is 11.7 Å². The third kappa shape index (κ3) is 3.67. The number of amides is 1. The third-order valence-corrected chi connectivity index (χ3v) is 5.99. The fourth-order valence-corrected chi connectivity index (χ4v) is 3.91. The van der Waals surface area contributed by atoms with Crippen LogP contribution in [0, 0.1) is 13.8 Å². The minimum atomic E-state index is -3.18. The van der Waals surface area contributed by atoms with Gasteiger partial charge in [-0.2, -0.15) is 0 Å². The number of carbonyl (C=O) groups is 1. The molecule has 1 amide bonds. The quantitative estimate of drug-likeness (QED) is 0.852. The summed E-state index contributed by atoms with van der Waals surface area (Å²) in [6, 6.07) is 5.79. The molecule has 0 spiro atoms. The Morgan fingerprint density at radius 2 is 1.86 bits per heavy atom. The lowest BCUT2D eigenvalue weighted by Crippen LogP contribution is -2.38. The number of carbonyl (C=O) groups excluding carboxylic acids is 1. The summed E-state index contributed by atoms with van der Waals surface area (Å²) >= 11 is 0. The highest BCUT2D eigenvalue weighted by Crippen LogP contribution is 2.16. The van der Waals surface area contributed by atoms with Gasteiger partial charge in [0.1, 0.15) is 0 Å². The second-order valence-electron chi connectivity index (χ2n) is 5.76. The van der Waals surface area contributed by atoms with Gasteiger partial charge in [-0.1, -0.05) is 17.7 Å². The molecular weight excluding hydrogens is 300 g/mol. The van der Waals surface area contributed by atoms with Gasteiger partial charge in [-0.05, 0) is 38.8 Å². The second-order valence-corrected chi connectivity index (χ2v) is 8.02. The van der Waals surface area contributed by atoms with E-state index < -0.39 is 10.0 Å². The maximum absolute atomic E-state index is 12.7. The minimum absolute atomic E-state index is 0.00625. The van der Waals surface area contributed by atoms with Gasteiger partial charge in [0.05, 0.1) is 5.75 Å². The Bertz CT molecular complexity index is 655. The molecule has 0 N–H and O–H groups in total. The largest absolute Gasteiger partial charge is 0.337 e. The maximum atomic E-state index is 12.7. The van der Waals surface area contributed by atoms with Gasteiger partial charge in [0.15, 0.2) is 0 Å². The molecule has 1 fully saturated rings. The van der Waals surface area contributed by atoms with Gasteiger partial charge in [-0.15, -0.1) is 0 Å². The smallest absolute Gasteiger partial charge is 0.254 e. The molecule has 0 bridgehead atoms. The Morgan fingerprint density at radius 3 is 2.50 bits per heavy atom. The van der Waals surface area contributed by atoms with E-state index >= 15 is 0 Å². The summed E-state index contributed by atoms with van der Waals surface area (Å²) < 4.78 is 25.4. The van der Waals surface area contributed by atoms with Crippen LogP contribution in [-0.4, -0.2) is 55.5 Å². The average Bonchev–Trinajstić information content (AvgIpc) is 2.73. The Labute approximate surface area is 133 Å². The summed E-state index contributed by atoms with van der Waals surface area (Å²) in [7, 11) is -3.18. The van der Waals surface area contributed by atoms with E-state index in [2.05, 4.69) is 0 Å². The molecule has 1 heterocycles. The molecule has 5 nitrogen and oxygen atoms in total. The first-order valence-electron chi connectivity index (χ1n) is 7.69. The molecule has 0 aliphatic carbocycles. The molecule has 1 aromatic rings. The zero-order chi connectivity index (χ0) is 16.3. The molecule has 0 atom stereocenters. The van der Waals surface area contributed by atoms with Crippen LogP contribution in [0.1, 0.15) is 34.8 Å². The topological polar surface area (TPSA) is 57.7 Å². The van der Waals surface area contributed by atoms with Crippen LogP contribution in [0.2, 0.25) is 0 Å². The summed E-state index contributed by atoms with van der Waals surface area (Å²) in [5, 5.41) is 0. The van der Waals surface area contributed by atoms with E-state index in [0.29, 0.717) is 38.2 Å². The molecule has 2 rings (SSSR count). The predicted molar refractivity (Wildman–Crippen MR) is 87.5 cm³/mol. The van der Waals surface area contributed by atoms with Crippen molar-refractivity contribution in [3.05, 3.63) is 34.9 Å². The maximum Gasteiger partial charge on any atom is 0.254 e. The van der Waals surface area contributed by atoms with E-state index in [4.69, 9.17) is 0 Å². The van der Waals surface area contributed by atoms with E-state index in [9.17, 15) is 13.2 Å². The minimum Gasteiger partial charge on any atom is -0.337 e. The number of hydrogen-bond acceptors (Lipinski definition) is 3. The van der Waals surface area contributed by atoms with Crippen LogP contribution in [0.15, 0.2) is 18.2 Å². The van der Waals surface area contributed by atoms with Gasteiger partial charge in [0, 0.05) is 31.7 Å². The van der Waals surface area contributed by atoms with Crippen molar-refractivity contribution in [1.82, 2.24) is 9.21 Å². The van der Waals surface area contributed by atoms with Crippen LogP contribution < -0.4 is 0 Å². The first-order valence-corrected chi connectivity index (χ1v) is 9.30. The molecule has 1 aliphatic heterocycles. The van der Waals surface area contributed by atoms with E-state index in [1.54, 1.807) is 11.8 Å². The molecule has 22 heavy (non-hydrogen) atoms. The van der Waals surface area contributed by atoms with E-state index in [1.165, 1.54) is 4.31 Å². The average molecular weight is 324 g/mol. The highest BCUT2D eigenvalue weighted by molar-refractivity contribution is 7.89. The highest BCUT2D eigenvalue weighted by Gasteiger charge is 2.26. The van der Waals surface area contributed by atoms with Crippen molar-refractivity contribution in [3.8, 4) is 0 Å². The van der Waals surface area contributed by atoms with Crippen molar-refractivity contribution in [2.75, 3.05) is 31.9 Å².